The SMILES string of the molecule is C#CCOc1ccc([C@H](c2c[nH]c3ccccc23)C2C(=O)OC(C)(C)OC2=O)cc1OC. The Morgan fingerprint density at radius 3 is 2.53 bits per heavy atom. The Kier molecular flexibility index (Phi) is 5.54. The van der Waals surface area contributed by atoms with Crippen LogP contribution in [0.3, 0.4) is 0 Å². The van der Waals surface area contributed by atoms with Crippen molar-refractivity contribution in [3.8, 4) is 23.8 Å². The Morgan fingerprint density at radius 2 is 1.84 bits per heavy atom. The van der Waals surface area contributed by atoms with E-state index in [0.717, 1.165) is 16.5 Å². The first kappa shape index (κ1) is 21.3. The van der Waals surface area contributed by atoms with Gasteiger partial charge in [0.25, 0.3) is 5.79 Å². The third kappa shape index (κ3) is 3.87. The van der Waals surface area contributed by atoms with Crippen LogP contribution in [-0.2, 0) is 19.1 Å². The minimum absolute atomic E-state index is 0.0813. The number of nitrogens with one attached hydrogen (secondary N) is 1. The highest BCUT2D eigenvalue weighted by atomic mass is 16.7. The Hall–Kier alpha value is -3.92. The van der Waals surface area contributed by atoms with Gasteiger partial charge in [0.05, 0.1) is 7.11 Å². The number of benzene rings is 2. The van der Waals surface area contributed by atoms with Crippen molar-refractivity contribution in [2.45, 2.75) is 25.6 Å². The summed E-state index contributed by atoms with van der Waals surface area (Å²) in [5.41, 5.74) is 2.31. The number of terminal acetylenes is 1. The van der Waals surface area contributed by atoms with E-state index in [2.05, 4.69) is 10.9 Å². The van der Waals surface area contributed by atoms with Crippen LogP contribution in [0.2, 0.25) is 0 Å². The van der Waals surface area contributed by atoms with Gasteiger partial charge in [-0.05, 0) is 29.3 Å². The maximum Gasteiger partial charge on any atom is 0.324 e. The smallest absolute Gasteiger partial charge is 0.324 e. The second-order valence-corrected chi connectivity index (χ2v) is 7.89. The molecule has 0 aliphatic carbocycles. The van der Waals surface area contributed by atoms with Crippen LogP contribution in [0.5, 0.6) is 11.5 Å². The van der Waals surface area contributed by atoms with E-state index in [0.29, 0.717) is 17.1 Å². The number of esters is 2. The van der Waals surface area contributed by atoms with Crippen LogP contribution >= 0.6 is 0 Å². The lowest BCUT2D eigenvalue weighted by Crippen LogP contribution is -2.48. The number of ether oxygens (including phenoxy) is 4. The maximum atomic E-state index is 13.0. The quantitative estimate of drug-likeness (QED) is 0.362. The molecule has 1 saturated heterocycles. The number of methoxy groups -OCH3 is 1. The van der Waals surface area contributed by atoms with E-state index < -0.39 is 29.6 Å². The summed E-state index contributed by atoms with van der Waals surface area (Å²) >= 11 is 0. The molecule has 1 N–H and O–H groups in total. The van der Waals surface area contributed by atoms with E-state index in [1.165, 1.54) is 21.0 Å². The van der Waals surface area contributed by atoms with Gasteiger partial charge < -0.3 is 23.9 Å². The van der Waals surface area contributed by atoms with Gasteiger partial charge in [-0.2, -0.15) is 0 Å². The molecule has 32 heavy (non-hydrogen) atoms. The molecule has 2 aromatic carbocycles. The number of aromatic amines is 1. The molecule has 0 unspecified atom stereocenters. The van der Waals surface area contributed by atoms with Crippen LogP contribution in [0.4, 0.5) is 0 Å². The molecule has 2 heterocycles. The number of cyclic esters (lactones) is 2. The van der Waals surface area contributed by atoms with Crippen molar-refractivity contribution in [3.63, 3.8) is 0 Å². The van der Waals surface area contributed by atoms with E-state index in [9.17, 15) is 9.59 Å². The van der Waals surface area contributed by atoms with Crippen LogP contribution in [0.1, 0.15) is 30.9 Å². The molecule has 1 fully saturated rings. The van der Waals surface area contributed by atoms with Crippen LogP contribution in [0.25, 0.3) is 10.9 Å². The van der Waals surface area contributed by atoms with Gasteiger partial charge in [0.15, 0.2) is 17.4 Å². The molecule has 0 amide bonds. The summed E-state index contributed by atoms with van der Waals surface area (Å²) in [4.78, 5) is 29.2. The number of fused-ring (bicyclic) bond motifs is 1. The Balaban J connectivity index is 1.87. The van der Waals surface area contributed by atoms with Gasteiger partial charge in [-0.3, -0.25) is 9.59 Å². The molecule has 1 aromatic heterocycles. The molecular weight excluding hydrogens is 410 g/mol. The second-order valence-electron chi connectivity index (χ2n) is 7.89. The summed E-state index contributed by atoms with van der Waals surface area (Å²) in [6, 6.07) is 12.9. The van der Waals surface area contributed by atoms with Crippen LogP contribution in [-0.4, -0.2) is 36.4 Å². The fourth-order valence-electron chi connectivity index (χ4n) is 4.02. The molecule has 3 aromatic rings. The highest BCUT2D eigenvalue weighted by Gasteiger charge is 2.48. The van der Waals surface area contributed by atoms with E-state index >= 15 is 0 Å². The van der Waals surface area contributed by atoms with Gasteiger partial charge in [-0.25, -0.2) is 0 Å². The van der Waals surface area contributed by atoms with E-state index in [1.807, 2.05) is 24.3 Å². The third-order valence-electron chi connectivity index (χ3n) is 5.35. The highest BCUT2D eigenvalue weighted by Crippen LogP contribution is 2.43. The van der Waals surface area contributed by atoms with Gasteiger partial charge in [0, 0.05) is 36.9 Å². The molecule has 7 heteroatoms. The summed E-state index contributed by atoms with van der Waals surface area (Å²) in [5.74, 6) is -1.18. The zero-order valence-corrected chi connectivity index (χ0v) is 18.0. The molecule has 0 bridgehead atoms. The molecular formula is C25H23NO6. The lowest BCUT2D eigenvalue weighted by Gasteiger charge is -2.36. The first-order valence-electron chi connectivity index (χ1n) is 10.1. The molecule has 1 aliphatic heterocycles. The van der Waals surface area contributed by atoms with Gasteiger partial charge in [0.1, 0.15) is 6.61 Å². The third-order valence-corrected chi connectivity index (χ3v) is 5.35. The summed E-state index contributed by atoms with van der Waals surface area (Å²) in [6.45, 7) is 3.14. The van der Waals surface area contributed by atoms with Crippen molar-refractivity contribution in [1.29, 1.82) is 0 Å². The first-order valence-corrected chi connectivity index (χ1v) is 10.1. The summed E-state index contributed by atoms with van der Waals surface area (Å²) in [5, 5.41) is 0.884. The maximum absolute atomic E-state index is 13.0. The molecule has 7 nitrogen and oxygen atoms in total. The van der Waals surface area contributed by atoms with Crippen molar-refractivity contribution >= 4 is 22.8 Å². The summed E-state index contributed by atoms with van der Waals surface area (Å²) in [6.07, 6.45) is 7.09. The van der Waals surface area contributed by atoms with Crippen molar-refractivity contribution in [3.05, 3.63) is 59.8 Å². The number of hydrogen-bond acceptors (Lipinski definition) is 6. The topological polar surface area (TPSA) is 86.9 Å². The summed E-state index contributed by atoms with van der Waals surface area (Å²) < 4.78 is 21.9. The molecule has 0 spiro atoms. The van der Waals surface area contributed by atoms with Crippen LogP contribution in [0, 0.1) is 18.3 Å². The first-order chi connectivity index (χ1) is 15.3. The number of H-pyrrole nitrogens is 1. The molecule has 164 valence electrons. The minimum atomic E-state index is -1.32. The normalized spacial score (nSPS) is 16.7. The fourth-order valence-corrected chi connectivity index (χ4v) is 4.02. The second kappa shape index (κ2) is 8.31. The predicted molar refractivity (Wildman–Crippen MR) is 117 cm³/mol. The van der Waals surface area contributed by atoms with Crippen molar-refractivity contribution in [2.24, 2.45) is 5.92 Å². The number of aromatic nitrogens is 1. The van der Waals surface area contributed by atoms with E-state index in [1.54, 1.807) is 24.4 Å². The number of carbonyl (C=O) groups is 2. The van der Waals surface area contributed by atoms with Gasteiger partial charge in [0.2, 0.25) is 0 Å². The molecule has 4 rings (SSSR count). The standard InChI is InChI=1S/C25H23NO6/c1-5-12-30-19-11-10-15(13-20(19)29-4)21(17-14-26-18-9-7-6-8-16(17)18)22-23(27)31-25(2,3)32-24(22)28/h1,6-11,13-14,21-22,26H,12H2,2-4H3/t21-/m1/s1. The Morgan fingerprint density at radius 1 is 1.12 bits per heavy atom. The monoisotopic (exact) mass is 433 g/mol. The Bertz CT molecular complexity index is 1200. The average molecular weight is 433 g/mol. The molecule has 1 aliphatic rings. The lowest BCUT2D eigenvalue weighted by molar-refractivity contribution is -0.240. The van der Waals surface area contributed by atoms with Crippen LogP contribution < -0.4 is 9.47 Å². The number of hydrogen-bond donors (Lipinski definition) is 1. The zero-order valence-electron chi connectivity index (χ0n) is 18.0. The minimum Gasteiger partial charge on any atom is -0.493 e. The zero-order chi connectivity index (χ0) is 22.9. The number of rotatable bonds is 6. The van der Waals surface area contributed by atoms with Crippen molar-refractivity contribution < 1.29 is 28.5 Å². The molecule has 0 radical (unpaired) electrons. The molecule has 0 saturated carbocycles. The van der Waals surface area contributed by atoms with Crippen molar-refractivity contribution in [2.75, 3.05) is 13.7 Å². The largest absolute Gasteiger partial charge is 0.493 e. The average Bonchev–Trinajstić information content (AvgIpc) is 3.18. The highest BCUT2D eigenvalue weighted by molar-refractivity contribution is 5.99. The number of para-hydroxylation sites is 1. The van der Waals surface area contributed by atoms with E-state index in [4.69, 9.17) is 25.4 Å². The van der Waals surface area contributed by atoms with Gasteiger partial charge >= 0.3 is 11.9 Å². The van der Waals surface area contributed by atoms with Gasteiger partial charge in [-0.1, -0.05) is 30.2 Å². The lowest BCUT2D eigenvalue weighted by atomic mass is 9.80. The van der Waals surface area contributed by atoms with Gasteiger partial charge in [-0.15, -0.1) is 6.42 Å². The fraction of sp³-hybridized carbons (Fsp3) is 0.280. The van der Waals surface area contributed by atoms with Crippen molar-refractivity contribution in [1.82, 2.24) is 4.98 Å². The Labute approximate surface area is 185 Å². The number of carbonyl (C=O) groups excluding carboxylic acids is 2. The van der Waals surface area contributed by atoms with Crippen LogP contribution in [0.15, 0.2) is 48.7 Å². The predicted octanol–water partition coefficient (Wildman–Crippen LogP) is 3.77. The van der Waals surface area contributed by atoms with E-state index in [-0.39, 0.29) is 6.61 Å². The molecule has 1 atom stereocenters. The summed E-state index contributed by atoms with van der Waals surface area (Å²) in [7, 11) is 1.51.